The minimum atomic E-state index is -0.618. The first kappa shape index (κ1) is 19.8. The van der Waals surface area contributed by atoms with Crippen LogP contribution in [0.15, 0.2) is 166 Å². The lowest BCUT2D eigenvalue weighted by Gasteiger charge is -2.10. The number of rotatable bonds is 4. The summed E-state index contributed by atoms with van der Waals surface area (Å²) in [5.41, 5.74) is 5.16. The predicted molar refractivity (Wildman–Crippen MR) is 205 cm³/mol. The van der Waals surface area contributed by atoms with Gasteiger partial charge in [0.05, 0.1) is 35.8 Å². The van der Waals surface area contributed by atoms with Gasteiger partial charge in [-0.2, -0.15) is 0 Å². The second-order valence-electron chi connectivity index (χ2n) is 12.1. The van der Waals surface area contributed by atoms with E-state index < -0.39 is 60.4 Å². The number of nitrogens with zero attached hydrogens (tertiary/aromatic N) is 4. The summed E-state index contributed by atoms with van der Waals surface area (Å²) < 4.78 is 99.1. The van der Waals surface area contributed by atoms with Crippen molar-refractivity contribution in [2.45, 2.75) is 0 Å². The van der Waals surface area contributed by atoms with Crippen molar-refractivity contribution < 1.29 is 22.5 Å². The van der Waals surface area contributed by atoms with Crippen LogP contribution in [0.5, 0.6) is 0 Å². The van der Waals surface area contributed by atoms with Crippen LogP contribution in [-0.4, -0.2) is 19.5 Å². The molecule has 7 aromatic carbocycles. The van der Waals surface area contributed by atoms with Crippen molar-refractivity contribution in [3.05, 3.63) is 157 Å². The third kappa shape index (κ3) is 4.26. The number of hydrogen-bond donors (Lipinski definition) is 0. The lowest BCUT2D eigenvalue weighted by Crippen LogP contribution is -2.00. The minimum Gasteiger partial charge on any atom is -0.456 e. The van der Waals surface area contributed by atoms with Crippen LogP contribution < -0.4 is 0 Å². The molecule has 6 heteroatoms. The van der Waals surface area contributed by atoms with Gasteiger partial charge in [-0.15, -0.1) is 0 Å². The number of benzene rings is 7. The molecule has 0 fully saturated rings. The molecule has 0 spiro atoms. The Morgan fingerprint density at radius 3 is 1.82 bits per heavy atom. The zero-order valence-electron chi connectivity index (χ0n) is 36.3. The first-order valence-electron chi connectivity index (χ1n) is 21.1. The molecule has 0 radical (unpaired) electrons. The lowest BCUT2D eigenvalue weighted by molar-refractivity contribution is 0.668. The van der Waals surface area contributed by atoms with E-state index in [2.05, 4.69) is 49.9 Å². The second kappa shape index (κ2) is 10.7. The van der Waals surface area contributed by atoms with Gasteiger partial charge in [0, 0.05) is 43.6 Å². The highest BCUT2D eigenvalue weighted by molar-refractivity contribution is 6.19. The predicted octanol–water partition coefficient (Wildman–Crippen LogP) is 11.8. The van der Waals surface area contributed by atoms with E-state index in [9.17, 15) is 0 Å². The Morgan fingerprint density at radius 2 is 1.06 bits per heavy atom. The summed E-state index contributed by atoms with van der Waals surface area (Å²) in [6.07, 6.45) is 0. The van der Waals surface area contributed by atoms with E-state index in [1.807, 2.05) is 54.6 Å². The van der Waals surface area contributed by atoms with Gasteiger partial charge < -0.3 is 13.4 Å². The van der Waals surface area contributed by atoms with Crippen LogP contribution in [0.4, 0.5) is 0 Å². The Kier molecular flexibility index (Phi) is 4.17. The molecule has 0 bridgehead atoms. The summed E-state index contributed by atoms with van der Waals surface area (Å²) in [5, 5.41) is 5.67. The molecule has 0 N–H and O–H groups in total. The fourth-order valence-corrected chi connectivity index (χ4v) is 7.03. The molecular formula is C45H26N4O2. The van der Waals surface area contributed by atoms with Gasteiger partial charge in [0.25, 0.3) is 0 Å². The van der Waals surface area contributed by atoms with Crippen LogP contribution in [-0.2, 0) is 0 Å². The van der Waals surface area contributed by atoms with Gasteiger partial charge in [0.15, 0.2) is 17.5 Å². The molecular weight excluding hydrogens is 629 g/mol. The van der Waals surface area contributed by atoms with Gasteiger partial charge in [0.2, 0.25) is 0 Å². The standard InChI is InChI=1S/C45H26N4O2/c1-3-12-27(13-4-1)43-46-44(28-14-5-2-6-15-28)48-45(47-43)29-22-23-32-40(24-29)51-39-21-11-19-36(42(32)39)49-35-18-9-7-16-30(35)33-26-41-34(25-37(33)49)31-17-8-10-20-38(31)50-41/h1-26H/i1D,2D,3D,4D,5D,6D,12D,13D,14D,15D. The average molecular weight is 665 g/mol. The molecule has 0 aliphatic rings. The average Bonchev–Trinajstić information content (AvgIpc) is 3.94. The second-order valence-corrected chi connectivity index (χ2v) is 12.1. The third-order valence-electron chi connectivity index (χ3n) is 9.23. The molecule has 4 aromatic heterocycles. The minimum absolute atomic E-state index is 0.0556. The fraction of sp³-hybridized carbons (Fsp3) is 0. The molecule has 0 aliphatic carbocycles. The molecule has 11 aromatic rings. The smallest absolute Gasteiger partial charge is 0.164 e. The van der Waals surface area contributed by atoms with Crippen LogP contribution in [0, 0.1) is 0 Å². The molecule has 0 saturated heterocycles. The number of aromatic nitrogens is 4. The van der Waals surface area contributed by atoms with E-state index in [-0.39, 0.29) is 28.6 Å². The van der Waals surface area contributed by atoms with Crippen molar-refractivity contribution in [2.24, 2.45) is 0 Å². The van der Waals surface area contributed by atoms with Crippen molar-refractivity contribution in [1.82, 2.24) is 19.5 Å². The van der Waals surface area contributed by atoms with E-state index in [1.165, 1.54) is 0 Å². The van der Waals surface area contributed by atoms with E-state index in [1.54, 1.807) is 12.1 Å². The summed E-state index contributed by atoms with van der Waals surface area (Å²) in [4.78, 5) is 13.6. The fourth-order valence-electron chi connectivity index (χ4n) is 7.03. The first-order chi connectivity index (χ1) is 29.4. The van der Waals surface area contributed by atoms with Gasteiger partial charge in [-0.3, -0.25) is 0 Å². The highest BCUT2D eigenvalue weighted by atomic mass is 16.3. The van der Waals surface area contributed by atoms with Crippen molar-refractivity contribution in [3.8, 4) is 39.9 Å². The van der Waals surface area contributed by atoms with Crippen molar-refractivity contribution in [3.63, 3.8) is 0 Å². The topological polar surface area (TPSA) is 69.9 Å². The largest absolute Gasteiger partial charge is 0.456 e. The summed E-state index contributed by atoms with van der Waals surface area (Å²) >= 11 is 0. The van der Waals surface area contributed by atoms with Crippen LogP contribution >= 0.6 is 0 Å². The molecule has 6 nitrogen and oxygen atoms in total. The highest BCUT2D eigenvalue weighted by Gasteiger charge is 2.21. The van der Waals surface area contributed by atoms with Crippen molar-refractivity contribution >= 4 is 65.7 Å². The molecule has 0 amide bonds. The summed E-state index contributed by atoms with van der Waals surface area (Å²) in [6, 6.07) is 25.5. The van der Waals surface area contributed by atoms with Crippen LogP contribution in [0.1, 0.15) is 13.7 Å². The lowest BCUT2D eigenvalue weighted by atomic mass is 10.1. The maximum absolute atomic E-state index is 8.67. The van der Waals surface area contributed by atoms with Crippen molar-refractivity contribution in [2.75, 3.05) is 0 Å². The first-order valence-corrected chi connectivity index (χ1v) is 16.1. The summed E-state index contributed by atoms with van der Waals surface area (Å²) in [5.74, 6) is -0.747. The van der Waals surface area contributed by atoms with E-state index in [4.69, 9.17) is 22.5 Å². The summed E-state index contributed by atoms with van der Waals surface area (Å²) in [7, 11) is 0. The van der Waals surface area contributed by atoms with Gasteiger partial charge >= 0.3 is 0 Å². The van der Waals surface area contributed by atoms with Gasteiger partial charge in [-0.05, 0) is 48.5 Å². The normalized spacial score (nSPS) is 14.7. The maximum Gasteiger partial charge on any atom is 0.164 e. The Labute approximate surface area is 304 Å². The molecule has 0 unspecified atom stereocenters. The molecule has 0 aliphatic heterocycles. The van der Waals surface area contributed by atoms with Crippen LogP contribution in [0.25, 0.3) is 106 Å². The van der Waals surface area contributed by atoms with E-state index in [0.717, 1.165) is 60.2 Å². The highest BCUT2D eigenvalue weighted by Crippen LogP contribution is 2.42. The quantitative estimate of drug-likeness (QED) is 0.187. The maximum atomic E-state index is 8.67. The van der Waals surface area contributed by atoms with Gasteiger partial charge in [-0.25, -0.2) is 15.0 Å². The third-order valence-corrected chi connectivity index (χ3v) is 9.23. The van der Waals surface area contributed by atoms with Crippen LogP contribution in [0.2, 0.25) is 0 Å². The molecule has 0 atom stereocenters. The number of hydrogen-bond acceptors (Lipinski definition) is 5. The molecule has 11 rings (SSSR count). The summed E-state index contributed by atoms with van der Waals surface area (Å²) in [6.45, 7) is 0. The Morgan fingerprint density at radius 1 is 0.431 bits per heavy atom. The monoisotopic (exact) mass is 664 g/mol. The number of para-hydroxylation sites is 2. The zero-order valence-corrected chi connectivity index (χ0v) is 26.3. The Bertz CT molecular complexity index is 3600. The molecule has 4 heterocycles. The van der Waals surface area contributed by atoms with E-state index in [0.29, 0.717) is 16.7 Å². The zero-order chi connectivity index (χ0) is 42.2. The van der Waals surface area contributed by atoms with E-state index >= 15 is 0 Å². The van der Waals surface area contributed by atoms with Crippen LogP contribution in [0.3, 0.4) is 0 Å². The Balaban J connectivity index is 1.15. The van der Waals surface area contributed by atoms with Crippen molar-refractivity contribution in [1.29, 1.82) is 0 Å². The van der Waals surface area contributed by atoms with Gasteiger partial charge in [0.1, 0.15) is 22.3 Å². The number of furan rings is 2. The van der Waals surface area contributed by atoms with Gasteiger partial charge in [-0.1, -0.05) is 109 Å². The molecule has 238 valence electrons. The molecule has 51 heavy (non-hydrogen) atoms. The Hall–Kier alpha value is -7.05. The SMILES string of the molecule is [2H]c1c([2H])c([2H])c(-c2nc(-c3ccc4c(c3)oc3cccc(-n5c6ccccc6c6cc7oc8ccccc8c7cc65)c34)nc(-c3c([2H])c([2H])c([2H])c([2H])c3[2H])n2)c([2H])c1[2H]. The molecule has 0 saturated carbocycles. The number of fused-ring (bicyclic) bond motifs is 9.